The molecule has 0 saturated carbocycles. The third kappa shape index (κ3) is 4.94. The maximum atomic E-state index is 14.4. The van der Waals surface area contributed by atoms with Gasteiger partial charge in [-0.2, -0.15) is 0 Å². The van der Waals surface area contributed by atoms with Crippen molar-refractivity contribution in [2.45, 2.75) is 12.3 Å². The summed E-state index contributed by atoms with van der Waals surface area (Å²) in [6.07, 6.45) is 0.890. The molecule has 2 aromatic carbocycles. The first-order chi connectivity index (χ1) is 14.8. The van der Waals surface area contributed by atoms with E-state index in [1.54, 1.807) is 60.7 Å². The lowest BCUT2D eigenvalue weighted by atomic mass is 9.93. The van der Waals surface area contributed by atoms with Crippen molar-refractivity contribution in [1.82, 2.24) is 4.90 Å². The summed E-state index contributed by atoms with van der Waals surface area (Å²) in [5.41, 5.74) is 1.37. The van der Waals surface area contributed by atoms with E-state index < -0.39 is 36.6 Å². The van der Waals surface area contributed by atoms with Crippen LogP contribution in [-0.2, 0) is 4.79 Å². The molecule has 1 atom stereocenters. The van der Waals surface area contributed by atoms with Gasteiger partial charge in [-0.1, -0.05) is 23.7 Å². The number of anilines is 1. The summed E-state index contributed by atoms with van der Waals surface area (Å²) in [6, 6.07) is 16.4. The van der Waals surface area contributed by atoms with Gasteiger partial charge in [-0.15, -0.1) is 0 Å². The number of hydrogen-bond donors (Lipinski definition) is 1. The van der Waals surface area contributed by atoms with Crippen LogP contribution in [0, 0.1) is 5.92 Å². The topological polar surface area (TPSA) is 62.6 Å². The Hall–Kier alpha value is -3.19. The van der Waals surface area contributed by atoms with Crippen LogP contribution in [0.3, 0.4) is 0 Å². The number of halogens is 3. The summed E-state index contributed by atoms with van der Waals surface area (Å²) >= 11 is 5.83. The molecule has 1 aliphatic heterocycles. The summed E-state index contributed by atoms with van der Waals surface area (Å²) in [5, 5.41) is 3.12. The zero-order valence-corrected chi connectivity index (χ0v) is 17.1. The molecule has 8 heteroatoms. The highest BCUT2D eigenvalue weighted by molar-refractivity contribution is 6.30. The monoisotopic (exact) mass is 444 g/mol. The van der Waals surface area contributed by atoms with Crippen LogP contribution >= 0.6 is 11.6 Å². The average Bonchev–Trinajstić information content (AvgIpc) is 3.29. The number of rotatable bonds is 4. The number of nitrogens with zero attached hydrogens (tertiary/aromatic N) is 1. The third-order valence-electron chi connectivity index (χ3n) is 5.09. The summed E-state index contributed by atoms with van der Waals surface area (Å²) in [6.45, 7) is -0.833. The number of likely N-dealkylation sites (tertiary alicyclic amines) is 1. The number of furan rings is 1. The maximum Gasteiger partial charge on any atom is 0.266 e. The molecule has 1 aromatic heterocycles. The quantitative estimate of drug-likeness (QED) is 0.591. The smallest absolute Gasteiger partial charge is 0.266 e. The van der Waals surface area contributed by atoms with Gasteiger partial charge in [-0.25, -0.2) is 8.78 Å². The first kappa shape index (κ1) is 21.1. The molecule has 160 valence electrons. The second-order valence-corrected chi connectivity index (χ2v) is 7.93. The van der Waals surface area contributed by atoms with Crippen molar-refractivity contribution in [3.05, 3.63) is 77.5 Å². The molecule has 5 nitrogen and oxygen atoms in total. The summed E-state index contributed by atoms with van der Waals surface area (Å²) in [5.74, 6) is -4.77. The van der Waals surface area contributed by atoms with Crippen molar-refractivity contribution in [2.75, 3.05) is 18.4 Å². The second-order valence-electron chi connectivity index (χ2n) is 7.50. The van der Waals surface area contributed by atoms with Gasteiger partial charge >= 0.3 is 0 Å². The van der Waals surface area contributed by atoms with E-state index in [1.807, 2.05) is 0 Å². The molecular formula is C23H19ClF2N2O3. The van der Waals surface area contributed by atoms with Gasteiger partial charge in [0.25, 0.3) is 11.8 Å². The first-order valence-electron chi connectivity index (χ1n) is 9.68. The maximum absolute atomic E-state index is 14.4. The van der Waals surface area contributed by atoms with Crippen molar-refractivity contribution in [1.29, 1.82) is 0 Å². The Morgan fingerprint density at radius 1 is 1.10 bits per heavy atom. The molecule has 1 aliphatic rings. The van der Waals surface area contributed by atoms with Crippen LogP contribution in [0.4, 0.5) is 14.5 Å². The number of alkyl halides is 2. The number of piperidine rings is 1. The number of amides is 2. The number of carbonyl (C=O) groups excluding carboxylic acids is 2. The van der Waals surface area contributed by atoms with E-state index >= 15 is 0 Å². The largest absolute Gasteiger partial charge is 0.464 e. The van der Waals surface area contributed by atoms with E-state index in [0.29, 0.717) is 22.0 Å². The minimum absolute atomic E-state index is 0.0984. The van der Waals surface area contributed by atoms with Gasteiger partial charge in [0.1, 0.15) is 5.76 Å². The van der Waals surface area contributed by atoms with E-state index in [1.165, 1.54) is 6.26 Å². The predicted octanol–water partition coefficient (Wildman–Crippen LogP) is 5.34. The standard InChI is InChI=1S/C23H19ClF2N2O3/c24-18-6-8-19(9-7-18)27-21(29)17-12-23(25,26)14-28(13-17)22(30)16-4-1-3-15(11-16)20-5-2-10-31-20/h1-11,17H,12-14H2,(H,27,29). The Bertz CT molecular complexity index is 1080. The van der Waals surface area contributed by atoms with Crippen LogP contribution in [0.1, 0.15) is 16.8 Å². The van der Waals surface area contributed by atoms with Crippen LogP contribution in [0.15, 0.2) is 71.3 Å². The normalized spacial score (nSPS) is 17.9. The van der Waals surface area contributed by atoms with Gasteiger partial charge in [-0.3, -0.25) is 9.59 Å². The number of carbonyl (C=O) groups is 2. The minimum Gasteiger partial charge on any atom is -0.464 e. The summed E-state index contributed by atoms with van der Waals surface area (Å²) in [7, 11) is 0. The molecule has 1 unspecified atom stereocenters. The second kappa shape index (κ2) is 8.51. The number of nitrogens with one attached hydrogen (secondary N) is 1. The van der Waals surface area contributed by atoms with Crippen LogP contribution in [0.2, 0.25) is 5.02 Å². The zero-order chi connectivity index (χ0) is 22.0. The van der Waals surface area contributed by atoms with Gasteiger partial charge in [-0.05, 0) is 48.5 Å². The van der Waals surface area contributed by atoms with E-state index in [-0.39, 0.29) is 12.1 Å². The SMILES string of the molecule is O=C(Nc1ccc(Cl)cc1)C1CN(C(=O)c2cccc(-c3ccco3)c2)CC(F)(F)C1. The van der Waals surface area contributed by atoms with Gasteiger partial charge < -0.3 is 14.6 Å². The Balaban J connectivity index is 1.51. The fourth-order valence-electron chi connectivity index (χ4n) is 3.64. The number of hydrogen-bond acceptors (Lipinski definition) is 3. The highest BCUT2D eigenvalue weighted by Crippen LogP contribution is 2.32. The van der Waals surface area contributed by atoms with Gasteiger partial charge in [0, 0.05) is 34.8 Å². The lowest BCUT2D eigenvalue weighted by Gasteiger charge is -2.37. The van der Waals surface area contributed by atoms with Gasteiger partial charge in [0.05, 0.1) is 18.7 Å². The molecule has 2 heterocycles. The molecule has 1 fully saturated rings. The van der Waals surface area contributed by atoms with Crippen LogP contribution < -0.4 is 5.32 Å². The van der Waals surface area contributed by atoms with E-state index in [4.69, 9.17) is 16.0 Å². The van der Waals surface area contributed by atoms with Gasteiger partial charge in [0.2, 0.25) is 5.91 Å². The minimum atomic E-state index is -3.17. The molecule has 0 radical (unpaired) electrons. The lowest BCUT2D eigenvalue weighted by molar-refractivity contribution is -0.130. The van der Waals surface area contributed by atoms with Crippen molar-refractivity contribution in [2.24, 2.45) is 5.92 Å². The van der Waals surface area contributed by atoms with Crippen LogP contribution in [0.5, 0.6) is 0 Å². The molecule has 2 amide bonds. The van der Waals surface area contributed by atoms with Crippen molar-refractivity contribution in [3.8, 4) is 11.3 Å². The van der Waals surface area contributed by atoms with E-state index in [9.17, 15) is 18.4 Å². The third-order valence-corrected chi connectivity index (χ3v) is 5.34. The Kier molecular flexibility index (Phi) is 5.78. The Morgan fingerprint density at radius 2 is 1.87 bits per heavy atom. The molecule has 0 bridgehead atoms. The fraction of sp³-hybridized carbons (Fsp3) is 0.217. The number of benzene rings is 2. The van der Waals surface area contributed by atoms with Gasteiger partial charge in [0.15, 0.2) is 0 Å². The lowest BCUT2D eigenvalue weighted by Crippen LogP contribution is -2.52. The average molecular weight is 445 g/mol. The predicted molar refractivity (Wildman–Crippen MR) is 113 cm³/mol. The molecule has 31 heavy (non-hydrogen) atoms. The first-order valence-corrected chi connectivity index (χ1v) is 10.1. The Labute approximate surface area is 182 Å². The summed E-state index contributed by atoms with van der Waals surface area (Å²) < 4.78 is 34.2. The highest BCUT2D eigenvalue weighted by atomic mass is 35.5. The fourth-order valence-corrected chi connectivity index (χ4v) is 3.76. The van der Waals surface area contributed by atoms with Crippen LogP contribution in [-0.4, -0.2) is 35.7 Å². The molecule has 0 aliphatic carbocycles. The van der Waals surface area contributed by atoms with Crippen molar-refractivity contribution in [3.63, 3.8) is 0 Å². The van der Waals surface area contributed by atoms with E-state index in [0.717, 1.165) is 4.90 Å². The molecule has 0 spiro atoms. The Morgan fingerprint density at radius 3 is 2.58 bits per heavy atom. The van der Waals surface area contributed by atoms with Crippen molar-refractivity contribution < 1.29 is 22.8 Å². The van der Waals surface area contributed by atoms with E-state index in [2.05, 4.69) is 5.32 Å². The molecule has 3 aromatic rings. The molecule has 1 saturated heterocycles. The zero-order valence-electron chi connectivity index (χ0n) is 16.4. The van der Waals surface area contributed by atoms with Crippen molar-refractivity contribution >= 4 is 29.1 Å². The molecule has 4 rings (SSSR count). The van der Waals surface area contributed by atoms with Crippen LogP contribution in [0.25, 0.3) is 11.3 Å². The molecule has 1 N–H and O–H groups in total. The molecular weight excluding hydrogens is 426 g/mol. The summed E-state index contributed by atoms with van der Waals surface area (Å²) in [4.78, 5) is 26.7. The highest BCUT2D eigenvalue weighted by Gasteiger charge is 2.44.